The number of rotatable bonds is 4. The van der Waals surface area contributed by atoms with E-state index in [0.29, 0.717) is 39.3 Å². The smallest absolute Gasteiger partial charge is 0.240 e. The molecule has 4 rings (SSSR count). The summed E-state index contributed by atoms with van der Waals surface area (Å²) in [6.45, 7) is 1.80. The van der Waals surface area contributed by atoms with Crippen molar-refractivity contribution in [2.24, 2.45) is 11.5 Å². The number of nitrogens with two attached hydrogens (primary N) is 2. The SMILES string of the molecule is NC(=O)C[C@H](N)C(=O)N1CCOCCOc2ccc(-c3cccnc3)cc2Cc2cccc(c2)C1. The largest absolute Gasteiger partial charge is 0.491 e. The Balaban J connectivity index is 1.62. The van der Waals surface area contributed by atoms with Gasteiger partial charge in [0, 0.05) is 37.5 Å². The fourth-order valence-electron chi connectivity index (χ4n) is 4.14. The topological polar surface area (TPSA) is 121 Å². The zero-order chi connectivity index (χ0) is 24.6. The summed E-state index contributed by atoms with van der Waals surface area (Å²) < 4.78 is 11.8. The van der Waals surface area contributed by atoms with Crippen molar-refractivity contribution in [1.82, 2.24) is 9.88 Å². The highest BCUT2D eigenvalue weighted by atomic mass is 16.5. The van der Waals surface area contributed by atoms with Gasteiger partial charge in [-0.05, 0) is 40.5 Å². The van der Waals surface area contributed by atoms with Gasteiger partial charge >= 0.3 is 0 Å². The molecular weight excluding hydrogens is 444 g/mol. The van der Waals surface area contributed by atoms with Gasteiger partial charge in [-0.2, -0.15) is 0 Å². The molecule has 4 N–H and O–H groups in total. The van der Waals surface area contributed by atoms with Crippen molar-refractivity contribution in [1.29, 1.82) is 0 Å². The highest BCUT2D eigenvalue weighted by Crippen LogP contribution is 2.29. The molecule has 2 heterocycles. The first-order valence-corrected chi connectivity index (χ1v) is 11.6. The van der Waals surface area contributed by atoms with Crippen LogP contribution in [0.25, 0.3) is 11.1 Å². The average Bonchev–Trinajstić information content (AvgIpc) is 2.85. The van der Waals surface area contributed by atoms with Gasteiger partial charge in [0.1, 0.15) is 12.4 Å². The average molecular weight is 475 g/mol. The summed E-state index contributed by atoms with van der Waals surface area (Å²) in [5, 5.41) is 0. The highest BCUT2D eigenvalue weighted by molar-refractivity contribution is 5.87. The Kier molecular flexibility index (Phi) is 8.07. The van der Waals surface area contributed by atoms with Crippen LogP contribution in [-0.4, -0.2) is 54.1 Å². The van der Waals surface area contributed by atoms with E-state index in [-0.39, 0.29) is 12.3 Å². The number of amides is 2. The maximum absolute atomic E-state index is 12.9. The van der Waals surface area contributed by atoms with E-state index in [1.807, 2.05) is 42.6 Å². The Bertz CT molecular complexity index is 1170. The number of carbonyl (C=O) groups is 2. The van der Waals surface area contributed by atoms with E-state index in [1.54, 1.807) is 11.1 Å². The van der Waals surface area contributed by atoms with Gasteiger partial charge in [0.05, 0.1) is 25.7 Å². The number of carbonyl (C=O) groups excluding carboxylic acids is 2. The second-order valence-corrected chi connectivity index (χ2v) is 8.56. The molecule has 8 heteroatoms. The molecular formula is C27H30N4O4. The van der Waals surface area contributed by atoms with E-state index >= 15 is 0 Å². The number of fused-ring (bicyclic) bond motifs is 3. The number of ether oxygens (including phenoxy) is 2. The number of benzene rings is 2. The van der Waals surface area contributed by atoms with Gasteiger partial charge in [-0.1, -0.05) is 36.4 Å². The molecule has 0 saturated carbocycles. The van der Waals surface area contributed by atoms with Crippen molar-refractivity contribution in [2.45, 2.75) is 25.4 Å². The van der Waals surface area contributed by atoms with Crippen LogP contribution in [0.15, 0.2) is 67.0 Å². The molecule has 0 radical (unpaired) electrons. The molecule has 0 aliphatic carbocycles. The highest BCUT2D eigenvalue weighted by Gasteiger charge is 2.23. The van der Waals surface area contributed by atoms with Gasteiger partial charge in [-0.25, -0.2) is 0 Å². The Morgan fingerprint density at radius 2 is 1.86 bits per heavy atom. The summed E-state index contributed by atoms with van der Waals surface area (Å²) in [7, 11) is 0. The molecule has 182 valence electrons. The lowest BCUT2D eigenvalue weighted by Crippen LogP contribution is -2.46. The van der Waals surface area contributed by atoms with E-state index in [1.165, 1.54) is 0 Å². The van der Waals surface area contributed by atoms with Gasteiger partial charge in [-0.3, -0.25) is 14.6 Å². The lowest BCUT2D eigenvalue weighted by Gasteiger charge is -2.26. The van der Waals surface area contributed by atoms with Crippen molar-refractivity contribution in [3.8, 4) is 16.9 Å². The minimum Gasteiger partial charge on any atom is -0.491 e. The van der Waals surface area contributed by atoms with Crippen molar-refractivity contribution in [3.05, 3.63) is 83.7 Å². The second-order valence-electron chi connectivity index (χ2n) is 8.56. The molecule has 2 aromatic carbocycles. The first-order chi connectivity index (χ1) is 17.0. The maximum Gasteiger partial charge on any atom is 0.240 e. The summed E-state index contributed by atoms with van der Waals surface area (Å²) in [5.41, 5.74) is 16.4. The van der Waals surface area contributed by atoms with Gasteiger partial charge in [0.2, 0.25) is 11.8 Å². The Labute approximate surface area is 204 Å². The molecule has 0 saturated heterocycles. The van der Waals surface area contributed by atoms with Crippen LogP contribution < -0.4 is 16.2 Å². The van der Waals surface area contributed by atoms with Crippen molar-refractivity contribution >= 4 is 11.8 Å². The quantitative estimate of drug-likeness (QED) is 0.599. The van der Waals surface area contributed by atoms with Crippen molar-refractivity contribution < 1.29 is 19.1 Å². The summed E-state index contributed by atoms with van der Waals surface area (Å²) in [6, 6.07) is 17.2. The van der Waals surface area contributed by atoms with Gasteiger partial charge in [0.25, 0.3) is 0 Å². The van der Waals surface area contributed by atoms with Gasteiger partial charge in [-0.15, -0.1) is 0 Å². The van der Waals surface area contributed by atoms with E-state index in [9.17, 15) is 9.59 Å². The predicted molar refractivity (Wildman–Crippen MR) is 132 cm³/mol. The standard InChI is InChI=1S/C27H30N4O4/c28-24(16-26(29)32)27(33)31-9-10-34-11-12-35-25-7-6-21(22-5-2-8-30-17-22)15-23(25)14-19-3-1-4-20(13-19)18-31/h1-8,13,15,17,24H,9-12,14,16,18,28H2,(H2,29,32)/t24-/m0/s1. The van der Waals surface area contributed by atoms with E-state index in [0.717, 1.165) is 33.6 Å². The van der Waals surface area contributed by atoms with Crippen molar-refractivity contribution in [2.75, 3.05) is 26.4 Å². The third-order valence-corrected chi connectivity index (χ3v) is 5.86. The van der Waals surface area contributed by atoms with Crippen LogP contribution >= 0.6 is 0 Å². The fourth-order valence-corrected chi connectivity index (χ4v) is 4.14. The van der Waals surface area contributed by atoms with Crippen LogP contribution in [0.3, 0.4) is 0 Å². The zero-order valence-electron chi connectivity index (χ0n) is 19.6. The summed E-state index contributed by atoms with van der Waals surface area (Å²) in [5.74, 6) is -0.113. The minimum absolute atomic E-state index is 0.194. The number of hydrogen-bond donors (Lipinski definition) is 2. The zero-order valence-corrected chi connectivity index (χ0v) is 19.6. The Morgan fingerprint density at radius 3 is 2.66 bits per heavy atom. The molecule has 1 aliphatic heterocycles. The molecule has 35 heavy (non-hydrogen) atoms. The Hall–Kier alpha value is -3.75. The van der Waals surface area contributed by atoms with E-state index in [4.69, 9.17) is 20.9 Å². The second kappa shape index (κ2) is 11.6. The molecule has 2 amide bonds. The first kappa shape index (κ1) is 24.4. The Morgan fingerprint density at radius 1 is 1.00 bits per heavy atom. The van der Waals surface area contributed by atoms with Crippen LogP contribution in [0.4, 0.5) is 0 Å². The molecule has 0 spiro atoms. The fraction of sp³-hybridized carbons (Fsp3) is 0.296. The lowest BCUT2D eigenvalue weighted by atomic mass is 9.98. The number of aromatic nitrogens is 1. The molecule has 2 bridgehead atoms. The van der Waals surface area contributed by atoms with Crippen molar-refractivity contribution in [3.63, 3.8) is 0 Å². The normalized spacial score (nSPS) is 15.3. The van der Waals surface area contributed by atoms with Gasteiger partial charge in [0.15, 0.2) is 0 Å². The number of hydrogen-bond acceptors (Lipinski definition) is 6. The van der Waals surface area contributed by atoms with E-state index in [2.05, 4.69) is 23.2 Å². The molecule has 0 fully saturated rings. The van der Waals surface area contributed by atoms with Crippen LogP contribution in [0.1, 0.15) is 23.1 Å². The van der Waals surface area contributed by atoms with Crippen LogP contribution in [0.5, 0.6) is 5.75 Å². The molecule has 8 nitrogen and oxygen atoms in total. The first-order valence-electron chi connectivity index (χ1n) is 11.6. The summed E-state index contributed by atoms with van der Waals surface area (Å²) >= 11 is 0. The monoisotopic (exact) mass is 474 g/mol. The lowest BCUT2D eigenvalue weighted by molar-refractivity contribution is -0.136. The molecule has 0 unspecified atom stereocenters. The molecule has 1 atom stereocenters. The number of pyridine rings is 1. The van der Waals surface area contributed by atoms with Crippen LogP contribution in [0, 0.1) is 0 Å². The molecule has 3 aromatic rings. The van der Waals surface area contributed by atoms with Crippen LogP contribution in [-0.2, 0) is 27.3 Å². The third kappa shape index (κ3) is 6.65. The number of primary amides is 1. The molecule has 1 aliphatic rings. The predicted octanol–water partition coefficient (Wildman–Crippen LogP) is 2.28. The van der Waals surface area contributed by atoms with Crippen LogP contribution in [0.2, 0.25) is 0 Å². The summed E-state index contributed by atoms with van der Waals surface area (Å²) in [4.78, 5) is 30.0. The summed E-state index contributed by atoms with van der Waals surface area (Å²) in [6.07, 6.45) is 4.06. The maximum atomic E-state index is 12.9. The van der Waals surface area contributed by atoms with E-state index < -0.39 is 11.9 Å². The minimum atomic E-state index is -0.976. The van der Waals surface area contributed by atoms with Gasteiger partial charge < -0.3 is 25.8 Å². The third-order valence-electron chi connectivity index (χ3n) is 5.86. The molecule has 1 aromatic heterocycles. The number of nitrogens with zero attached hydrogens (tertiary/aromatic N) is 2.